The average Bonchev–Trinajstić information content (AvgIpc) is 3.29. The molecule has 0 fully saturated rings. The number of amides is 1. The number of anilines is 1. The van der Waals surface area contributed by atoms with Crippen molar-refractivity contribution in [1.29, 1.82) is 0 Å². The number of hydrogen-bond donors (Lipinski definition) is 1. The zero-order valence-corrected chi connectivity index (χ0v) is 15.0. The van der Waals surface area contributed by atoms with E-state index in [1.165, 1.54) is 21.7 Å². The molecule has 0 aliphatic rings. The highest BCUT2D eigenvalue weighted by Crippen LogP contribution is 2.22. The van der Waals surface area contributed by atoms with Crippen molar-refractivity contribution >= 4 is 29.0 Å². The number of fused-ring (bicyclic) bond motifs is 1. The average molecular weight is 384 g/mol. The molecule has 0 unspecified atom stereocenters. The number of nitrogens with zero attached hydrogens (tertiary/aromatic N) is 4. The number of carbonyl (C=O) groups is 1. The molecular formula is C18H14ClN5O3. The first kappa shape index (κ1) is 17.0. The maximum Gasteiger partial charge on any atom is 0.294 e. The topological polar surface area (TPSA) is 96.5 Å². The molecule has 0 radical (unpaired) electrons. The molecule has 1 amide bonds. The fourth-order valence-corrected chi connectivity index (χ4v) is 2.82. The molecular weight excluding hydrogens is 370 g/mol. The summed E-state index contributed by atoms with van der Waals surface area (Å²) in [4.78, 5) is 35.0. The number of aryl methyl sites for hydroxylation is 1. The van der Waals surface area contributed by atoms with E-state index in [9.17, 15) is 9.59 Å². The van der Waals surface area contributed by atoms with Crippen LogP contribution < -0.4 is 10.5 Å². The lowest BCUT2D eigenvalue weighted by molar-refractivity contribution is 0.0957. The van der Waals surface area contributed by atoms with Gasteiger partial charge in [-0.25, -0.2) is 4.98 Å². The van der Waals surface area contributed by atoms with Gasteiger partial charge in [-0.3, -0.25) is 19.6 Å². The second-order valence-electron chi connectivity index (χ2n) is 5.89. The standard InChI is InChI=1S/C18H14ClN5O3/c1-11-9-16(25)24-18(20-11)21-15(22-24)10-23(13-6-4-12(19)5-7-13)17(26)14-3-2-8-27-14/h2-9H,10H2,1H3,(H,20,21,22). The van der Waals surface area contributed by atoms with Crippen LogP contribution in [0, 0.1) is 6.92 Å². The number of aromatic amines is 1. The Hall–Kier alpha value is -3.39. The molecule has 0 spiro atoms. The van der Waals surface area contributed by atoms with Crippen molar-refractivity contribution in [3.8, 4) is 0 Å². The van der Waals surface area contributed by atoms with Gasteiger partial charge in [0.15, 0.2) is 5.76 Å². The molecule has 0 aliphatic carbocycles. The van der Waals surface area contributed by atoms with Gasteiger partial charge in [-0.15, -0.1) is 0 Å². The molecule has 3 heterocycles. The summed E-state index contributed by atoms with van der Waals surface area (Å²) in [5, 5.41) is 3.44. The molecule has 27 heavy (non-hydrogen) atoms. The van der Waals surface area contributed by atoms with E-state index in [2.05, 4.69) is 15.1 Å². The van der Waals surface area contributed by atoms with Gasteiger partial charge in [-0.1, -0.05) is 11.6 Å². The van der Waals surface area contributed by atoms with E-state index >= 15 is 0 Å². The maximum atomic E-state index is 12.9. The summed E-state index contributed by atoms with van der Waals surface area (Å²) in [5.41, 5.74) is 0.906. The van der Waals surface area contributed by atoms with Crippen molar-refractivity contribution in [3.63, 3.8) is 0 Å². The number of aromatic nitrogens is 4. The van der Waals surface area contributed by atoms with Gasteiger partial charge in [-0.05, 0) is 43.3 Å². The number of H-pyrrole nitrogens is 1. The lowest BCUT2D eigenvalue weighted by Crippen LogP contribution is -2.30. The Bertz CT molecular complexity index is 1160. The third-order valence-electron chi connectivity index (χ3n) is 3.93. The second-order valence-corrected chi connectivity index (χ2v) is 6.32. The third-order valence-corrected chi connectivity index (χ3v) is 4.18. The van der Waals surface area contributed by atoms with E-state index in [0.717, 1.165) is 0 Å². The van der Waals surface area contributed by atoms with Crippen molar-refractivity contribution in [3.05, 3.63) is 81.4 Å². The molecule has 8 nitrogen and oxygen atoms in total. The van der Waals surface area contributed by atoms with Gasteiger partial charge in [0.2, 0.25) is 0 Å². The number of halogens is 1. The third kappa shape index (κ3) is 3.34. The minimum Gasteiger partial charge on any atom is -0.459 e. The van der Waals surface area contributed by atoms with Gasteiger partial charge in [0.25, 0.3) is 17.2 Å². The van der Waals surface area contributed by atoms with Crippen LogP contribution >= 0.6 is 11.6 Å². The fourth-order valence-electron chi connectivity index (χ4n) is 2.69. The van der Waals surface area contributed by atoms with Crippen molar-refractivity contribution in [2.75, 3.05) is 4.90 Å². The van der Waals surface area contributed by atoms with Gasteiger partial charge in [0.1, 0.15) is 5.82 Å². The van der Waals surface area contributed by atoms with Crippen LogP contribution in [0.15, 0.2) is 57.9 Å². The Morgan fingerprint density at radius 1 is 1.26 bits per heavy atom. The monoisotopic (exact) mass is 383 g/mol. The van der Waals surface area contributed by atoms with Crippen LogP contribution in [0.1, 0.15) is 22.1 Å². The summed E-state index contributed by atoms with van der Waals surface area (Å²) < 4.78 is 6.47. The lowest BCUT2D eigenvalue weighted by atomic mass is 10.2. The molecule has 4 rings (SSSR count). The van der Waals surface area contributed by atoms with Crippen LogP contribution in [0.25, 0.3) is 5.78 Å². The quantitative estimate of drug-likeness (QED) is 0.584. The Morgan fingerprint density at radius 2 is 2.04 bits per heavy atom. The van der Waals surface area contributed by atoms with Crippen LogP contribution in [0.2, 0.25) is 5.02 Å². The molecule has 1 aromatic carbocycles. The molecule has 3 aromatic heterocycles. The lowest BCUT2D eigenvalue weighted by Gasteiger charge is -2.20. The van der Waals surface area contributed by atoms with E-state index in [-0.39, 0.29) is 29.5 Å². The molecule has 0 atom stereocenters. The Balaban J connectivity index is 1.75. The predicted octanol–water partition coefficient (Wildman–Crippen LogP) is 2.82. The molecule has 4 aromatic rings. The van der Waals surface area contributed by atoms with E-state index < -0.39 is 0 Å². The molecule has 0 bridgehead atoms. The summed E-state index contributed by atoms with van der Waals surface area (Å²) in [6.45, 7) is 1.80. The molecule has 1 N–H and O–H groups in total. The number of carbonyl (C=O) groups excluding carboxylic acids is 1. The SMILES string of the molecule is Cc1cc(=O)n2[nH]c(CN(C(=O)c3ccco3)c3ccc(Cl)cc3)nc2n1. The van der Waals surface area contributed by atoms with Crippen molar-refractivity contribution < 1.29 is 9.21 Å². The first-order chi connectivity index (χ1) is 13.0. The summed E-state index contributed by atoms with van der Waals surface area (Å²) >= 11 is 5.95. The van der Waals surface area contributed by atoms with E-state index in [1.54, 1.807) is 43.3 Å². The molecule has 0 aliphatic heterocycles. The van der Waals surface area contributed by atoms with E-state index in [0.29, 0.717) is 22.2 Å². The van der Waals surface area contributed by atoms with Crippen LogP contribution in [0.5, 0.6) is 0 Å². The molecule has 0 saturated carbocycles. The normalized spacial score (nSPS) is 11.0. The number of nitrogens with one attached hydrogen (secondary N) is 1. The summed E-state index contributed by atoms with van der Waals surface area (Å²) in [6.07, 6.45) is 1.43. The summed E-state index contributed by atoms with van der Waals surface area (Å²) in [5.74, 6) is 0.489. The number of hydrogen-bond acceptors (Lipinski definition) is 5. The zero-order valence-electron chi connectivity index (χ0n) is 14.2. The van der Waals surface area contributed by atoms with Crippen LogP contribution in [0.3, 0.4) is 0 Å². The predicted molar refractivity (Wildman–Crippen MR) is 99.0 cm³/mol. The van der Waals surface area contributed by atoms with Crippen molar-refractivity contribution in [1.82, 2.24) is 19.6 Å². The first-order valence-electron chi connectivity index (χ1n) is 8.07. The Morgan fingerprint density at radius 3 is 2.74 bits per heavy atom. The highest BCUT2D eigenvalue weighted by Gasteiger charge is 2.22. The fraction of sp³-hybridized carbons (Fsp3) is 0.111. The van der Waals surface area contributed by atoms with Crippen molar-refractivity contribution in [2.24, 2.45) is 0 Å². The van der Waals surface area contributed by atoms with Crippen LogP contribution in [-0.2, 0) is 6.54 Å². The van der Waals surface area contributed by atoms with Gasteiger partial charge < -0.3 is 4.42 Å². The van der Waals surface area contributed by atoms with Crippen LogP contribution in [-0.4, -0.2) is 25.5 Å². The highest BCUT2D eigenvalue weighted by molar-refractivity contribution is 6.30. The molecule has 0 saturated heterocycles. The molecule has 136 valence electrons. The largest absolute Gasteiger partial charge is 0.459 e. The maximum absolute atomic E-state index is 12.9. The Kier molecular flexibility index (Phi) is 4.25. The van der Waals surface area contributed by atoms with Crippen LogP contribution in [0.4, 0.5) is 5.69 Å². The van der Waals surface area contributed by atoms with Gasteiger partial charge in [0, 0.05) is 22.5 Å². The Labute approximate surface area is 158 Å². The minimum atomic E-state index is -0.348. The smallest absolute Gasteiger partial charge is 0.294 e. The van der Waals surface area contributed by atoms with Gasteiger partial charge in [0.05, 0.1) is 12.8 Å². The molecule has 9 heteroatoms. The number of rotatable bonds is 4. The van der Waals surface area contributed by atoms with Gasteiger partial charge >= 0.3 is 0 Å². The van der Waals surface area contributed by atoms with E-state index in [4.69, 9.17) is 16.0 Å². The van der Waals surface area contributed by atoms with Crippen molar-refractivity contribution in [2.45, 2.75) is 13.5 Å². The number of furan rings is 1. The summed E-state index contributed by atoms with van der Waals surface area (Å²) in [6, 6.07) is 11.4. The van der Waals surface area contributed by atoms with E-state index in [1.807, 2.05) is 0 Å². The minimum absolute atomic E-state index is 0.0863. The highest BCUT2D eigenvalue weighted by atomic mass is 35.5. The zero-order chi connectivity index (χ0) is 19.0. The second kappa shape index (κ2) is 6.73. The number of benzene rings is 1. The van der Waals surface area contributed by atoms with Gasteiger partial charge in [-0.2, -0.15) is 9.50 Å². The summed E-state index contributed by atoms with van der Waals surface area (Å²) in [7, 11) is 0. The first-order valence-corrected chi connectivity index (χ1v) is 8.45.